The van der Waals surface area contributed by atoms with Gasteiger partial charge >= 0.3 is 5.97 Å². The molecule has 26 heavy (non-hydrogen) atoms. The molecule has 8 heteroatoms. The van der Waals surface area contributed by atoms with Crippen molar-refractivity contribution in [1.29, 1.82) is 0 Å². The van der Waals surface area contributed by atoms with Crippen LogP contribution in [-0.4, -0.2) is 31.1 Å². The largest absolute Gasteiger partial charge is 0.506 e. The second-order valence-electron chi connectivity index (χ2n) is 5.58. The molecular weight excluding hydrogens is 566 g/mol. The highest BCUT2D eigenvalue weighted by Crippen LogP contribution is 2.43. The van der Waals surface area contributed by atoms with Gasteiger partial charge in [0.2, 0.25) is 0 Å². The number of halogens is 2. The summed E-state index contributed by atoms with van der Waals surface area (Å²) < 4.78 is 17.1. The maximum Gasteiger partial charge on any atom is 0.343 e. The summed E-state index contributed by atoms with van der Waals surface area (Å²) >= 11 is 3.94. The summed E-state index contributed by atoms with van der Waals surface area (Å²) in [6.45, 7) is 0. The van der Waals surface area contributed by atoms with Crippen LogP contribution in [0.2, 0.25) is 0 Å². The minimum atomic E-state index is -0.686. The lowest BCUT2D eigenvalue weighted by molar-refractivity contribution is 0.0365. The Balaban J connectivity index is 1.92. The second kappa shape index (κ2) is 7.59. The first-order valence-electron chi connectivity index (χ1n) is 7.54. The Morgan fingerprint density at radius 3 is 2.42 bits per heavy atom. The third-order valence-electron chi connectivity index (χ3n) is 4.09. The number of esters is 1. The number of ether oxygens (including phenoxy) is 3. The summed E-state index contributed by atoms with van der Waals surface area (Å²) in [6, 6.07) is 6.63. The zero-order valence-corrected chi connectivity index (χ0v) is 18.2. The third-order valence-corrected chi connectivity index (χ3v) is 5.73. The number of ketones is 1. The van der Waals surface area contributed by atoms with Crippen molar-refractivity contribution in [3.05, 3.63) is 48.1 Å². The summed E-state index contributed by atoms with van der Waals surface area (Å²) in [4.78, 5) is 25.0. The van der Waals surface area contributed by atoms with Gasteiger partial charge in [0.15, 0.2) is 17.3 Å². The number of hydrogen-bond acceptors (Lipinski definition) is 6. The van der Waals surface area contributed by atoms with Crippen molar-refractivity contribution in [3.8, 4) is 17.2 Å². The van der Waals surface area contributed by atoms with Crippen LogP contribution in [0.4, 0.5) is 0 Å². The molecular formula is C18H14I2O6. The van der Waals surface area contributed by atoms with Gasteiger partial charge in [0.1, 0.15) is 17.4 Å². The standard InChI is InChI=1S/C18H14I2O6/c1-24-13-4-3-9-14(26-18(23)15(9)17(13)25-2)7-12(21)8-5-10(19)16(22)11(20)6-8/h3-6,14,22H,7H2,1-2H3/t14-/m0/s1. The topological polar surface area (TPSA) is 82.1 Å². The van der Waals surface area contributed by atoms with E-state index >= 15 is 0 Å². The monoisotopic (exact) mass is 580 g/mol. The Bertz CT molecular complexity index is 886. The minimum absolute atomic E-state index is 0.00512. The van der Waals surface area contributed by atoms with Crippen molar-refractivity contribution in [3.63, 3.8) is 0 Å². The zero-order valence-electron chi connectivity index (χ0n) is 13.8. The van der Waals surface area contributed by atoms with Crippen LogP contribution >= 0.6 is 45.2 Å². The highest BCUT2D eigenvalue weighted by molar-refractivity contribution is 14.1. The summed E-state index contributed by atoms with van der Waals surface area (Å²) in [6.07, 6.45) is -0.681. The molecule has 1 heterocycles. The predicted molar refractivity (Wildman–Crippen MR) is 110 cm³/mol. The summed E-state index contributed by atoms with van der Waals surface area (Å²) in [7, 11) is 2.93. The van der Waals surface area contributed by atoms with E-state index in [1.165, 1.54) is 14.2 Å². The minimum Gasteiger partial charge on any atom is -0.506 e. The molecule has 0 amide bonds. The van der Waals surface area contributed by atoms with E-state index in [1.807, 2.05) is 45.2 Å². The number of rotatable bonds is 5. The van der Waals surface area contributed by atoms with Gasteiger partial charge in [0.25, 0.3) is 0 Å². The van der Waals surface area contributed by atoms with Gasteiger partial charge in [-0.1, -0.05) is 6.07 Å². The fourth-order valence-corrected chi connectivity index (χ4v) is 4.61. The number of hydrogen-bond donors (Lipinski definition) is 1. The van der Waals surface area contributed by atoms with Gasteiger partial charge in [-0.15, -0.1) is 0 Å². The lowest BCUT2D eigenvalue weighted by atomic mass is 9.97. The molecule has 6 nitrogen and oxygen atoms in total. The van der Waals surface area contributed by atoms with Crippen LogP contribution in [0.1, 0.15) is 38.8 Å². The Morgan fingerprint density at radius 1 is 1.19 bits per heavy atom. The van der Waals surface area contributed by atoms with Gasteiger partial charge in [-0.25, -0.2) is 4.79 Å². The Kier molecular flexibility index (Phi) is 5.61. The van der Waals surface area contributed by atoms with Gasteiger partial charge in [-0.3, -0.25) is 4.79 Å². The van der Waals surface area contributed by atoms with Gasteiger partial charge in [-0.05, 0) is 63.4 Å². The molecule has 2 aromatic carbocycles. The molecule has 0 aliphatic carbocycles. The molecule has 0 saturated heterocycles. The van der Waals surface area contributed by atoms with E-state index in [1.54, 1.807) is 24.3 Å². The first-order valence-corrected chi connectivity index (χ1v) is 9.70. The van der Waals surface area contributed by atoms with Gasteiger partial charge < -0.3 is 19.3 Å². The summed E-state index contributed by atoms with van der Waals surface area (Å²) in [5, 5.41) is 9.85. The predicted octanol–water partition coefficient (Wildman–Crippen LogP) is 4.10. The molecule has 2 aromatic rings. The van der Waals surface area contributed by atoms with Crippen LogP contribution in [0.15, 0.2) is 24.3 Å². The average Bonchev–Trinajstić information content (AvgIpc) is 2.94. The molecule has 1 aliphatic heterocycles. The Labute approximate surface area is 177 Å². The molecule has 0 radical (unpaired) electrons. The van der Waals surface area contributed by atoms with E-state index in [0.717, 1.165) is 0 Å². The first-order chi connectivity index (χ1) is 12.4. The fourth-order valence-electron chi connectivity index (χ4n) is 2.84. The molecule has 0 unspecified atom stereocenters. The van der Waals surface area contributed by atoms with Crippen molar-refractivity contribution >= 4 is 56.9 Å². The SMILES string of the molecule is COc1ccc2c(c1OC)C(=O)O[C@H]2CC(=O)c1cc(I)c(O)c(I)c1. The van der Waals surface area contributed by atoms with E-state index in [-0.39, 0.29) is 18.0 Å². The fraction of sp³-hybridized carbons (Fsp3) is 0.222. The van der Waals surface area contributed by atoms with E-state index in [0.29, 0.717) is 35.3 Å². The number of fused-ring (bicyclic) bond motifs is 1. The van der Waals surface area contributed by atoms with Crippen molar-refractivity contribution in [1.82, 2.24) is 0 Å². The van der Waals surface area contributed by atoms with Crippen LogP contribution < -0.4 is 9.47 Å². The van der Waals surface area contributed by atoms with Crippen LogP contribution in [0.5, 0.6) is 17.2 Å². The average molecular weight is 580 g/mol. The van der Waals surface area contributed by atoms with Crippen molar-refractivity contribution in [2.75, 3.05) is 14.2 Å². The highest BCUT2D eigenvalue weighted by Gasteiger charge is 2.37. The molecule has 0 bridgehead atoms. The number of carbonyl (C=O) groups is 2. The van der Waals surface area contributed by atoms with Gasteiger partial charge in [0.05, 0.1) is 27.8 Å². The van der Waals surface area contributed by atoms with Crippen LogP contribution in [0, 0.1) is 7.14 Å². The zero-order chi connectivity index (χ0) is 19.0. The summed E-state index contributed by atoms with van der Waals surface area (Å²) in [5.74, 6) is 0.165. The van der Waals surface area contributed by atoms with Gasteiger partial charge in [-0.2, -0.15) is 0 Å². The normalized spacial score (nSPS) is 15.4. The number of cyclic esters (lactones) is 1. The molecule has 0 spiro atoms. The number of phenolic OH excluding ortho intramolecular Hbond substituents is 1. The second-order valence-corrected chi connectivity index (χ2v) is 7.90. The number of aromatic hydroxyl groups is 1. The van der Waals surface area contributed by atoms with Crippen LogP contribution in [0.25, 0.3) is 0 Å². The number of benzene rings is 2. The Hall–Kier alpha value is -1.56. The van der Waals surface area contributed by atoms with Crippen molar-refractivity contribution in [2.45, 2.75) is 12.5 Å². The third kappa shape index (κ3) is 3.36. The molecule has 1 aliphatic rings. The molecule has 1 N–H and O–H groups in total. The van der Waals surface area contributed by atoms with Crippen LogP contribution in [0.3, 0.4) is 0 Å². The molecule has 136 valence electrons. The van der Waals surface area contributed by atoms with Crippen LogP contribution in [-0.2, 0) is 4.74 Å². The molecule has 0 saturated carbocycles. The lowest BCUT2D eigenvalue weighted by Gasteiger charge is -2.12. The highest BCUT2D eigenvalue weighted by atomic mass is 127. The number of methoxy groups -OCH3 is 2. The first kappa shape index (κ1) is 19.2. The Morgan fingerprint density at radius 2 is 1.85 bits per heavy atom. The van der Waals surface area contributed by atoms with E-state index < -0.39 is 12.1 Å². The molecule has 0 fully saturated rings. The number of phenols is 1. The van der Waals surface area contributed by atoms with E-state index in [4.69, 9.17) is 14.2 Å². The summed E-state index contributed by atoms with van der Waals surface area (Å²) in [5.41, 5.74) is 1.35. The maximum absolute atomic E-state index is 12.7. The number of Topliss-reactive ketones (excluding diaryl/α,β-unsaturated/α-hetero) is 1. The van der Waals surface area contributed by atoms with E-state index in [9.17, 15) is 14.7 Å². The molecule has 0 aromatic heterocycles. The van der Waals surface area contributed by atoms with Crippen molar-refractivity contribution < 1.29 is 28.9 Å². The molecule has 3 rings (SSSR count). The lowest BCUT2D eigenvalue weighted by Crippen LogP contribution is -2.08. The van der Waals surface area contributed by atoms with E-state index in [2.05, 4.69) is 0 Å². The van der Waals surface area contributed by atoms with Gasteiger partial charge in [0, 0.05) is 11.1 Å². The quantitative estimate of drug-likeness (QED) is 0.326. The maximum atomic E-state index is 12.7. The van der Waals surface area contributed by atoms with Crippen molar-refractivity contribution in [2.24, 2.45) is 0 Å². The smallest absolute Gasteiger partial charge is 0.343 e. The number of carbonyl (C=O) groups excluding carboxylic acids is 2. The molecule has 1 atom stereocenters.